The summed E-state index contributed by atoms with van der Waals surface area (Å²) in [5, 5.41) is 15.3. The quantitative estimate of drug-likeness (QED) is 0.777. The van der Waals surface area contributed by atoms with Gasteiger partial charge in [-0.05, 0) is 18.9 Å². The first-order valence-corrected chi connectivity index (χ1v) is 7.93. The molecule has 0 radical (unpaired) electrons. The molecule has 2 N–H and O–H groups in total. The molecular weight excluding hydrogens is 377 g/mol. The zero-order valence-electron chi connectivity index (χ0n) is 13.7. The van der Waals surface area contributed by atoms with Crippen LogP contribution in [0.3, 0.4) is 0 Å². The van der Waals surface area contributed by atoms with Crippen LogP contribution in [-0.4, -0.2) is 42.8 Å². The van der Waals surface area contributed by atoms with E-state index in [1.165, 1.54) is 0 Å². The van der Waals surface area contributed by atoms with E-state index in [4.69, 9.17) is 5.11 Å². The number of nitrogens with one attached hydrogen (secondary N) is 1. The van der Waals surface area contributed by atoms with E-state index >= 15 is 0 Å². The van der Waals surface area contributed by atoms with E-state index in [2.05, 4.69) is 20.4 Å². The number of hydrogen-bond acceptors (Lipinski definition) is 5. The summed E-state index contributed by atoms with van der Waals surface area (Å²) in [6.07, 6.45) is -4.08. The minimum Gasteiger partial charge on any atom is -0.477 e. The molecule has 1 saturated carbocycles. The molecule has 0 amide bonds. The van der Waals surface area contributed by atoms with Gasteiger partial charge in [0.1, 0.15) is 0 Å². The summed E-state index contributed by atoms with van der Waals surface area (Å²) in [7, 11) is 0. The van der Waals surface area contributed by atoms with E-state index in [1.54, 1.807) is 0 Å². The lowest BCUT2D eigenvalue weighted by Gasteiger charge is -2.28. The average molecular weight is 391 g/mol. The first-order chi connectivity index (χ1) is 12.5. The molecule has 1 aliphatic carbocycles. The monoisotopic (exact) mass is 391 g/mol. The van der Waals surface area contributed by atoms with Crippen LogP contribution in [0.2, 0.25) is 0 Å². The Morgan fingerprint density at radius 2 is 1.93 bits per heavy atom. The second-order valence-corrected chi connectivity index (χ2v) is 6.16. The number of rotatable bonds is 4. The topological polar surface area (TPSA) is 92.9 Å². The number of halogens is 5. The Kier molecular flexibility index (Phi) is 4.74. The number of anilines is 1. The van der Waals surface area contributed by atoms with Crippen molar-refractivity contribution < 1.29 is 31.9 Å². The molecule has 1 fully saturated rings. The fourth-order valence-electron chi connectivity index (χ4n) is 2.70. The summed E-state index contributed by atoms with van der Waals surface area (Å²) in [6, 6.07) is 1.29. The summed E-state index contributed by atoms with van der Waals surface area (Å²) in [6.45, 7) is 0. The van der Waals surface area contributed by atoms with Crippen LogP contribution in [0.1, 0.15) is 41.9 Å². The van der Waals surface area contributed by atoms with Crippen molar-refractivity contribution in [2.45, 2.75) is 43.8 Å². The van der Waals surface area contributed by atoms with Gasteiger partial charge >= 0.3 is 12.1 Å². The predicted molar refractivity (Wildman–Crippen MR) is 81.9 cm³/mol. The number of nitrogens with zero attached hydrogens (tertiary/aromatic N) is 4. The fourth-order valence-corrected chi connectivity index (χ4v) is 2.70. The molecule has 7 nitrogen and oxygen atoms in total. The van der Waals surface area contributed by atoms with Gasteiger partial charge in [-0.1, -0.05) is 0 Å². The van der Waals surface area contributed by atoms with Crippen LogP contribution in [0.4, 0.5) is 27.9 Å². The number of aromatic carboxylic acids is 1. The van der Waals surface area contributed by atoms with E-state index in [0.717, 1.165) is 23.0 Å². The molecule has 0 atom stereocenters. The third kappa shape index (κ3) is 4.49. The first kappa shape index (κ1) is 19.0. The van der Waals surface area contributed by atoms with Gasteiger partial charge in [0.2, 0.25) is 11.9 Å². The van der Waals surface area contributed by atoms with Gasteiger partial charge in [-0.2, -0.15) is 23.3 Å². The third-order valence-electron chi connectivity index (χ3n) is 4.10. The molecule has 0 unspecified atom stereocenters. The van der Waals surface area contributed by atoms with Gasteiger partial charge in [-0.25, -0.2) is 23.2 Å². The second-order valence-electron chi connectivity index (χ2n) is 6.16. The molecule has 0 aliphatic heterocycles. The van der Waals surface area contributed by atoms with Crippen LogP contribution in [0, 0.1) is 0 Å². The molecule has 146 valence electrons. The van der Waals surface area contributed by atoms with E-state index in [9.17, 15) is 26.7 Å². The summed E-state index contributed by atoms with van der Waals surface area (Å²) in [5.74, 6) is -4.53. The Bertz CT molecular complexity index is 841. The summed E-state index contributed by atoms with van der Waals surface area (Å²) >= 11 is 0. The smallest absolute Gasteiger partial charge is 0.435 e. The van der Waals surface area contributed by atoms with Crippen LogP contribution in [-0.2, 0) is 6.18 Å². The maximum Gasteiger partial charge on any atom is 0.435 e. The zero-order valence-corrected chi connectivity index (χ0v) is 13.7. The highest BCUT2D eigenvalue weighted by Gasteiger charge is 2.35. The summed E-state index contributed by atoms with van der Waals surface area (Å²) in [4.78, 5) is 19.0. The summed E-state index contributed by atoms with van der Waals surface area (Å²) in [5.41, 5.74) is -1.63. The lowest BCUT2D eigenvalue weighted by molar-refractivity contribution is -0.141. The molecule has 0 aromatic carbocycles. The zero-order chi connectivity index (χ0) is 19.8. The van der Waals surface area contributed by atoms with Crippen LogP contribution in [0.5, 0.6) is 0 Å². The highest BCUT2D eigenvalue weighted by Crippen LogP contribution is 2.34. The fraction of sp³-hybridized carbons (Fsp3) is 0.467. The maximum absolute atomic E-state index is 13.2. The molecular formula is C15H14F5N5O2. The van der Waals surface area contributed by atoms with Crippen molar-refractivity contribution in [3.05, 3.63) is 29.7 Å². The number of aromatic nitrogens is 4. The Hall–Kier alpha value is -2.79. The lowest BCUT2D eigenvalue weighted by Crippen LogP contribution is -2.32. The molecule has 0 saturated heterocycles. The van der Waals surface area contributed by atoms with E-state index in [1.807, 2.05) is 0 Å². The number of carboxylic acids is 1. The van der Waals surface area contributed by atoms with Crippen molar-refractivity contribution in [2.24, 2.45) is 0 Å². The predicted octanol–water partition coefficient (Wildman–Crippen LogP) is 3.37. The van der Waals surface area contributed by atoms with Crippen molar-refractivity contribution in [3.8, 4) is 5.82 Å². The van der Waals surface area contributed by atoms with Crippen molar-refractivity contribution in [1.29, 1.82) is 0 Å². The number of carbonyl (C=O) groups is 1. The van der Waals surface area contributed by atoms with Gasteiger partial charge in [-0.15, -0.1) is 0 Å². The Labute approximate surface area is 149 Å². The maximum atomic E-state index is 13.2. The van der Waals surface area contributed by atoms with Crippen LogP contribution in [0.25, 0.3) is 5.82 Å². The third-order valence-corrected chi connectivity index (χ3v) is 4.10. The Morgan fingerprint density at radius 1 is 1.26 bits per heavy atom. The van der Waals surface area contributed by atoms with Gasteiger partial charge in [0.05, 0.1) is 0 Å². The highest BCUT2D eigenvalue weighted by molar-refractivity contribution is 5.86. The van der Waals surface area contributed by atoms with Crippen molar-refractivity contribution in [2.75, 3.05) is 5.32 Å². The lowest BCUT2D eigenvalue weighted by atomic mass is 9.92. The molecule has 0 spiro atoms. The SMILES string of the molecule is O=C(O)c1cc(-n2ccc(C(F)(F)F)n2)nc(NC2CCC(F)(F)CC2)n1. The molecule has 2 aromatic rings. The Balaban J connectivity index is 1.87. The van der Waals surface area contributed by atoms with Gasteiger partial charge < -0.3 is 10.4 Å². The molecule has 12 heteroatoms. The van der Waals surface area contributed by atoms with Crippen LogP contribution < -0.4 is 5.32 Å². The highest BCUT2D eigenvalue weighted by atomic mass is 19.4. The van der Waals surface area contributed by atoms with Gasteiger partial charge in [0.15, 0.2) is 17.2 Å². The molecule has 1 aliphatic rings. The van der Waals surface area contributed by atoms with Crippen LogP contribution in [0.15, 0.2) is 18.3 Å². The second kappa shape index (κ2) is 6.74. The van der Waals surface area contributed by atoms with Gasteiger partial charge in [0.25, 0.3) is 0 Å². The van der Waals surface area contributed by atoms with Crippen LogP contribution >= 0.6 is 0 Å². The molecule has 3 rings (SSSR count). The van der Waals surface area contributed by atoms with Gasteiger partial charge in [-0.3, -0.25) is 0 Å². The molecule has 27 heavy (non-hydrogen) atoms. The van der Waals surface area contributed by atoms with E-state index in [-0.39, 0.29) is 37.4 Å². The van der Waals surface area contributed by atoms with Gasteiger partial charge in [0, 0.05) is 31.1 Å². The minimum atomic E-state index is -4.66. The number of alkyl halides is 5. The number of carboxylic acid groups (broad SMARTS) is 1. The average Bonchev–Trinajstić information content (AvgIpc) is 3.07. The largest absolute Gasteiger partial charge is 0.477 e. The molecule has 2 heterocycles. The Morgan fingerprint density at radius 3 is 2.48 bits per heavy atom. The number of hydrogen-bond donors (Lipinski definition) is 2. The van der Waals surface area contributed by atoms with Crippen molar-refractivity contribution >= 4 is 11.9 Å². The molecule has 2 aromatic heterocycles. The first-order valence-electron chi connectivity index (χ1n) is 7.93. The molecule has 0 bridgehead atoms. The van der Waals surface area contributed by atoms with E-state index < -0.39 is 35.5 Å². The normalized spacial score (nSPS) is 17.7. The van der Waals surface area contributed by atoms with Crippen molar-refractivity contribution in [3.63, 3.8) is 0 Å². The minimum absolute atomic E-state index is 0.128. The summed E-state index contributed by atoms with van der Waals surface area (Å²) < 4.78 is 65.3. The van der Waals surface area contributed by atoms with Crippen molar-refractivity contribution in [1.82, 2.24) is 19.7 Å². The van der Waals surface area contributed by atoms with E-state index in [0.29, 0.717) is 0 Å². The standard InChI is InChI=1S/C15H14F5N5O2/c16-14(17)4-1-8(2-5-14)21-13-22-9(12(26)27)7-11(23-13)25-6-3-10(24-25)15(18,19)20/h3,6-8H,1-2,4-5H2,(H,26,27)(H,21,22,23).